The van der Waals surface area contributed by atoms with Gasteiger partial charge in [0, 0.05) is 6.20 Å². The molecule has 0 aliphatic heterocycles. The SMILES string of the molecule is CC[C@@H]1C[C@@H]1c1cncc(OCc2ccccc2)c1. The van der Waals surface area contributed by atoms with Crippen LogP contribution in [-0.2, 0) is 6.61 Å². The summed E-state index contributed by atoms with van der Waals surface area (Å²) in [4.78, 5) is 4.30. The highest BCUT2D eigenvalue weighted by atomic mass is 16.5. The quantitative estimate of drug-likeness (QED) is 0.797. The lowest BCUT2D eigenvalue weighted by molar-refractivity contribution is 0.304. The fourth-order valence-corrected chi connectivity index (χ4v) is 2.57. The summed E-state index contributed by atoms with van der Waals surface area (Å²) in [5.41, 5.74) is 2.52. The Morgan fingerprint density at radius 3 is 2.79 bits per heavy atom. The van der Waals surface area contributed by atoms with Gasteiger partial charge in [0.15, 0.2) is 0 Å². The summed E-state index contributed by atoms with van der Waals surface area (Å²) in [6.45, 7) is 2.86. The molecule has 0 N–H and O–H groups in total. The summed E-state index contributed by atoms with van der Waals surface area (Å²) in [6.07, 6.45) is 6.35. The van der Waals surface area contributed by atoms with Crippen molar-refractivity contribution in [2.45, 2.75) is 32.3 Å². The van der Waals surface area contributed by atoms with E-state index in [9.17, 15) is 0 Å². The molecule has 0 unspecified atom stereocenters. The Balaban J connectivity index is 1.64. The number of nitrogens with zero attached hydrogens (tertiary/aromatic N) is 1. The molecular formula is C17H19NO. The number of ether oxygens (including phenoxy) is 1. The molecule has 1 fully saturated rings. The first-order valence-corrected chi connectivity index (χ1v) is 6.98. The van der Waals surface area contributed by atoms with Gasteiger partial charge in [-0.05, 0) is 35.4 Å². The van der Waals surface area contributed by atoms with E-state index in [2.05, 4.69) is 30.1 Å². The molecule has 1 aliphatic carbocycles. The van der Waals surface area contributed by atoms with Crippen LogP contribution in [0.15, 0.2) is 48.8 Å². The highest BCUT2D eigenvalue weighted by Gasteiger charge is 2.36. The predicted octanol–water partition coefficient (Wildman–Crippen LogP) is 4.17. The second-order valence-electron chi connectivity index (χ2n) is 5.24. The van der Waals surface area contributed by atoms with Crippen molar-refractivity contribution in [2.24, 2.45) is 5.92 Å². The van der Waals surface area contributed by atoms with E-state index < -0.39 is 0 Å². The third kappa shape index (κ3) is 2.95. The second kappa shape index (κ2) is 5.43. The maximum absolute atomic E-state index is 5.82. The highest BCUT2D eigenvalue weighted by Crippen LogP contribution is 2.49. The molecule has 1 aromatic heterocycles. The van der Waals surface area contributed by atoms with E-state index in [0.29, 0.717) is 12.5 Å². The molecule has 2 heteroatoms. The zero-order valence-electron chi connectivity index (χ0n) is 11.3. The Morgan fingerprint density at radius 2 is 2.05 bits per heavy atom. The number of aromatic nitrogens is 1. The summed E-state index contributed by atoms with van der Waals surface area (Å²) in [5, 5.41) is 0. The van der Waals surface area contributed by atoms with Gasteiger partial charge < -0.3 is 4.74 Å². The molecule has 98 valence electrons. The predicted molar refractivity (Wildman–Crippen MR) is 76.2 cm³/mol. The third-order valence-electron chi connectivity index (χ3n) is 3.86. The van der Waals surface area contributed by atoms with E-state index in [1.165, 1.54) is 24.0 Å². The van der Waals surface area contributed by atoms with E-state index >= 15 is 0 Å². The average molecular weight is 253 g/mol. The van der Waals surface area contributed by atoms with Gasteiger partial charge in [0.05, 0.1) is 6.20 Å². The van der Waals surface area contributed by atoms with Gasteiger partial charge in [-0.15, -0.1) is 0 Å². The van der Waals surface area contributed by atoms with Gasteiger partial charge in [0.25, 0.3) is 0 Å². The molecule has 19 heavy (non-hydrogen) atoms. The maximum Gasteiger partial charge on any atom is 0.138 e. The maximum atomic E-state index is 5.82. The average Bonchev–Trinajstić information content (AvgIpc) is 3.26. The first-order valence-electron chi connectivity index (χ1n) is 6.98. The molecule has 0 amide bonds. The number of benzene rings is 1. The van der Waals surface area contributed by atoms with Gasteiger partial charge in [0.2, 0.25) is 0 Å². The van der Waals surface area contributed by atoms with E-state index in [4.69, 9.17) is 4.74 Å². The molecule has 1 heterocycles. The van der Waals surface area contributed by atoms with Crippen LogP contribution in [0.25, 0.3) is 0 Å². The van der Waals surface area contributed by atoms with Crippen molar-refractivity contribution in [3.05, 3.63) is 59.9 Å². The number of rotatable bonds is 5. The first-order chi connectivity index (χ1) is 9.36. The largest absolute Gasteiger partial charge is 0.487 e. The Kier molecular flexibility index (Phi) is 3.49. The van der Waals surface area contributed by atoms with E-state index in [1.807, 2.05) is 24.4 Å². The minimum atomic E-state index is 0.605. The molecule has 0 bridgehead atoms. The van der Waals surface area contributed by atoms with Crippen molar-refractivity contribution < 1.29 is 4.74 Å². The third-order valence-corrected chi connectivity index (χ3v) is 3.86. The van der Waals surface area contributed by atoms with Gasteiger partial charge >= 0.3 is 0 Å². The van der Waals surface area contributed by atoms with Crippen LogP contribution in [0.3, 0.4) is 0 Å². The van der Waals surface area contributed by atoms with Crippen LogP contribution in [0, 0.1) is 5.92 Å². The van der Waals surface area contributed by atoms with Crippen molar-refractivity contribution in [1.29, 1.82) is 0 Å². The Hall–Kier alpha value is -1.83. The smallest absolute Gasteiger partial charge is 0.138 e. The van der Waals surface area contributed by atoms with Gasteiger partial charge in [-0.3, -0.25) is 4.98 Å². The van der Waals surface area contributed by atoms with Crippen LogP contribution in [0.4, 0.5) is 0 Å². The topological polar surface area (TPSA) is 22.1 Å². The summed E-state index contributed by atoms with van der Waals surface area (Å²) < 4.78 is 5.82. The zero-order chi connectivity index (χ0) is 13.1. The van der Waals surface area contributed by atoms with Crippen molar-refractivity contribution in [3.63, 3.8) is 0 Å². The highest BCUT2D eigenvalue weighted by molar-refractivity contribution is 5.30. The molecule has 2 aromatic rings. The van der Waals surface area contributed by atoms with Gasteiger partial charge in [-0.2, -0.15) is 0 Å². The summed E-state index contributed by atoms with van der Waals surface area (Å²) in [5.74, 6) is 2.44. The minimum Gasteiger partial charge on any atom is -0.487 e. The molecular weight excluding hydrogens is 234 g/mol. The zero-order valence-corrected chi connectivity index (χ0v) is 11.3. The first kappa shape index (κ1) is 12.2. The minimum absolute atomic E-state index is 0.605. The van der Waals surface area contributed by atoms with Crippen LogP contribution in [0.1, 0.15) is 36.8 Å². The van der Waals surface area contributed by atoms with Gasteiger partial charge in [-0.25, -0.2) is 0 Å². The fraction of sp³-hybridized carbons (Fsp3) is 0.353. The molecule has 1 saturated carbocycles. The normalized spacial score (nSPS) is 21.1. The second-order valence-corrected chi connectivity index (χ2v) is 5.24. The van der Waals surface area contributed by atoms with Crippen molar-refractivity contribution in [3.8, 4) is 5.75 Å². The van der Waals surface area contributed by atoms with Crippen LogP contribution < -0.4 is 4.74 Å². The lowest BCUT2D eigenvalue weighted by atomic mass is 10.1. The molecule has 3 rings (SSSR count). The number of pyridine rings is 1. The van der Waals surface area contributed by atoms with E-state index in [-0.39, 0.29) is 0 Å². The van der Waals surface area contributed by atoms with Crippen molar-refractivity contribution >= 4 is 0 Å². The molecule has 0 radical (unpaired) electrons. The van der Waals surface area contributed by atoms with Crippen LogP contribution >= 0.6 is 0 Å². The van der Waals surface area contributed by atoms with Gasteiger partial charge in [0.1, 0.15) is 12.4 Å². The van der Waals surface area contributed by atoms with Crippen LogP contribution in [0.5, 0.6) is 5.75 Å². The lowest BCUT2D eigenvalue weighted by Gasteiger charge is -2.07. The summed E-state index contributed by atoms with van der Waals surface area (Å²) >= 11 is 0. The standard InChI is InChI=1S/C17H19NO/c1-2-14-9-17(14)15-8-16(11-18-10-15)19-12-13-6-4-3-5-7-13/h3-8,10-11,14,17H,2,9,12H2,1H3/t14-,17+/m1/s1. The molecule has 1 aliphatic rings. The molecule has 2 atom stereocenters. The van der Waals surface area contributed by atoms with Crippen molar-refractivity contribution in [1.82, 2.24) is 4.98 Å². The summed E-state index contributed by atoms with van der Waals surface area (Å²) in [7, 11) is 0. The van der Waals surface area contributed by atoms with E-state index in [1.54, 1.807) is 6.20 Å². The monoisotopic (exact) mass is 253 g/mol. The van der Waals surface area contributed by atoms with Crippen molar-refractivity contribution in [2.75, 3.05) is 0 Å². The van der Waals surface area contributed by atoms with E-state index in [0.717, 1.165) is 11.7 Å². The number of hydrogen-bond donors (Lipinski definition) is 0. The van der Waals surface area contributed by atoms with Gasteiger partial charge in [-0.1, -0.05) is 43.7 Å². The Labute approximate surface area is 114 Å². The summed E-state index contributed by atoms with van der Waals surface area (Å²) in [6, 6.07) is 12.4. The Bertz CT molecular complexity index is 538. The Morgan fingerprint density at radius 1 is 1.21 bits per heavy atom. The lowest BCUT2D eigenvalue weighted by Crippen LogP contribution is -1.96. The molecule has 0 spiro atoms. The number of hydrogen-bond acceptors (Lipinski definition) is 2. The fourth-order valence-electron chi connectivity index (χ4n) is 2.57. The molecule has 1 aromatic carbocycles. The molecule has 0 saturated heterocycles. The van der Waals surface area contributed by atoms with Crippen LogP contribution in [0.2, 0.25) is 0 Å². The van der Waals surface area contributed by atoms with Crippen LogP contribution in [-0.4, -0.2) is 4.98 Å². The molecule has 2 nitrogen and oxygen atoms in total.